The fraction of sp³-hybridized carbons (Fsp3) is 0.320. The van der Waals surface area contributed by atoms with Crippen LogP contribution in [0.15, 0.2) is 71.0 Å². The molecule has 1 unspecified atom stereocenters. The van der Waals surface area contributed by atoms with E-state index in [0.717, 1.165) is 41.3 Å². The van der Waals surface area contributed by atoms with E-state index in [9.17, 15) is 4.79 Å². The van der Waals surface area contributed by atoms with Crippen LogP contribution in [0.5, 0.6) is 5.75 Å². The Hall–Kier alpha value is -3.26. The van der Waals surface area contributed by atoms with E-state index in [1.807, 2.05) is 61.5 Å². The highest BCUT2D eigenvalue weighted by atomic mass is 32.2. The van der Waals surface area contributed by atoms with Crippen LogP contribution in [0.4, 0.5) is 11.6 Å². The molecule has 0 saturated heterocycles. The zero-order valence-corrected chi connectivity index (χ0v) is 20.0. The lowest BCUT2D eigenvalue weighted by Gasteiger charge is -2.29. The van der Waals surface area contributed by atoms with Crippen molar-refractivity contribution in [2.24, 2.45) is 0 Å². The molecular formula is C25H29N5O2S. The number of ether oxygens (including phenoxy) is 1. The molecule has 1 aromatic heterocycles. The van der Waals surface area contributed by atoms with Crippen LogP contribution in [-0.2, 0) is 4.79 Å². The van der Waals surface area contributed by atoms with E-state index in [1.54, 1.807) is 16.4 Å². The summed E-state index contributed by atoms with van der Waals surface area (Å²) >= 11 is 1.57. The fourth-order valence-corrected chi connectivity index (χ4v) is 4.31. The lowest BCUT2D eigenvalue weighted by Crippen LogP contribution is -2.31. The number of para-hydroxylation sites is 1. The van der Waals surface area contributed by atoms with Crippen molar-refractivity contribution in [3.8, 4) is 5.75 Å². The van der Waals surface area contributed by atoms with Crippen LogP contribution in [0.2, 0.25) is 0 Å². The second kappa shape index (κ2) is 10.6. The van der Waals surface area contributed by atoms with Gasteiger partial charge in [0, 0.05) is 11.4 Å². The van der Waals surface area contributed by atoms with Gasteiger partial charge in [0.1, 0.15) is 11.8 Å². The number of amides is 1. The summed E-state index contributed by atoms with van der Waals surface area (Å²) < 4.78 is 7.75. The first kappa shape index (κ1) is 22.9. The van der Waals surface area contributed by atoms with Crippen molar-refractivity contribution in [1.82, 2.24) is 14.8 Å². The molecule has 1 aliphatic rings. The predicted molar refractivity (Wildman–Crippen MR) is 133 cm³/mol. The average molecular weight is 464 g/mol. The first-order valence-electron chi connectivity index (χ1n) is 11.3. The Bertz CT molecular complexity index is 1140. The van der Waals surface area contributed by atoms with E-state index in [-0.39, 0.29) is 5.91 Å². The molecule has 0 spiro atoms. The number of fused-ring (bicyclic) bond motifs is 1. The van der Waals surface area contributed by atoms with Gasteiger partial charge in [-0.05, 0) is 48.9 Å². The third-order valence-electron chi connectivity index (χ3n) is 5.32. The third kappa shape index (κ3) is 5.22. The maximum absolute atomic E-state index is 13.5. The summed E-state index contributed by atoms with van der Waals surface area (Å²) in [5.74, 6) is 2.09. The number of carbonyl (C=O) groups is 1. The van der Waals surface area contributed by atoms with Crippen molar-refractivity contribution >= 4 is 29.3 Å². The van der Waals surface area contributed by atoms with Gasteiger partial charge in [-0.3, -0.25) is 4.79 Å². The highest BCUT2D eigenvalue weighted by Gasteiger charge is 2.34. The summed E-state index contributed by atoms with van der Waals surface area (Å²) in [6.45, 7) is 6.76. The van der Waals surface area contributed by atoms with Gasteiger partial charge in [0.2, 0.25) is 11.1 Å². The van der Waals surface area contributed by atoms with Crippen LogP contribution in [0.1, 0.15) is 45.2 Å². The Balaban J connectivity index is 1.74. The number of thioether (sulfide) groups is 1. The number of hydrogen-bond acceptors (Lipinski definition) is 6. The first-order chi connectivity index (χ1) is 16.1. The maximum atomic E-state index is 13.5. The van der Waals surface area contributed by atoms with Crippen LogP contribution in [-0.4, -0.2) is 33.0 Å². The van der Waals surface area contributed by atoms with Crippen LogP contribution in [0.25, 0.3) is 0 Å². The third-order valence-corrected chi connectivity index (χ3v) is 6.04. The second-order valence-electron chi connectivity index (χ2n) is 7.76. The number of hydrogen-bond donors (Lipinski definition) is 2. The first-order valence-corrected chi connectivity index (χ1v) is 12.3. The Morgan fingerprint density at radius 2 is 2.00 bits per heavy atom. The largest absolute Gasteiger partial charge is 0.494 e. The molecule has 0 fully saturated rings. The summed E-state index contributed by atoms with van der Waals surface area (Å²) in [7, 11) is 0. The minimum Gasteiger partial charge on any atom is -0.494 e. The van der Waals surface area contributed by atoms with Crippen molar-refractivity contribution in [3.05, 3.63) is 71.4 Å². The maximum Gasteiger partial charge on any atom is 0.255 e. The molecule has 4 rings (SSSR count). The normalized spacial score (nSPS) is 15.1. The molecule has 2 aromatic carbocycles. The molecule has 1 atom stereocenters. The van der Waals surface area contributed by atoms with Crippen LogP contribution >= 0.6 is 11.8 Å². The van der Waals surface area contributed by atoms with Crippen molar-refractivity contribution in [1.29, 1.82) is 0 Å². The SMILES string of the molecule is CCCCOc1cccc(C2C(C(=O)Nc3ccccc3)=C(C)Nc3nc(SCC)nn32)c1. The van der Waals surface area contributed by atoms with Gasteiger partial charge in [-0.25, -0.2) is 4.68 Å². The zero-order valence-electron chi connectivity index (χ0n) is 19.2. The number of aromatic nitrogens is 3. The number of anilines is 2. The van der Waals surface area contributed by atoms with Gasteiger partial charge in [0.25, 0.3) is 5.91 Å². The van der Waals surface area contributed by atoms with Crippen LogP contribution in [0, 0.1) is 0 Å². The summed E-state index contributed by atoms with van der Waals surface area (Å²) in [6.07, 6.45) is 2.06. The minimum absolute atomic E-state index is 0.181. The molecule has 7 nitrogen and oxygen atoms in total. The number of nitrogens with zero attached hydrogens (tertiary/aromatic N) is 3. The number of benzene rings is 2. The molecule has 2 N–H and O–H groups in total. The van der Waals surface area contributed by atoms with E-state index in [0.29, 0.717) is 23.3 Å². The molecule has 2 heterocycles. The minimum atomic E-state index is -0.432. The molecule has 1 amide bonds. The van der Waals surface area contributed by atoms with Crippen molar-refractivity contribution in [2.75, 3.05) is 23.0 Å². The standard InChI is InChI=1S/C25H29N5O2S/c1-4-6-15-32-20-14-10-11-18(16-20)22-21(23(31)27-19-12-8-7-9-13-19)17(3)26-24-28-25(33-5-2)29-30(22)24/h7-14,16,22H,4-6,15H2,1-3H3,(H,27,31)(H,26,28,29). The molecule has 172 valence electrons. The van der Waals surface area contributed by atoms with Gasteiger partial charge in [0.15, 0.2) is 0 Å². The highest BCUT2D eigenvalue weighted by molar-refractivity contribution is 7.99. The molecule has 8 heteroatoms. The summed E-state index contributed by atoms with van der Waals surface area (Å²) in [5, 5.41) is 11.7. The van der Waals surface area contributed by atoms with Gasteiger partial charge in [-0.15, -0.1) is 5.10 Å². The van der Waals surface area contributed by atoms with E-state index in [2.05, 4.69) is 29.5 Å². The van der Waals surface area contributed by atoms with E-state index in [1.165, 1.54) is 0 Å². The summed E-state index contributed by atoms with van der Waals surface area (Å²) in [5.41, 5.74) is 3.00. The van der Waals surface area contributed by atoms with Gasteiger partial charge >= 0.3 is 0 Å². The molecule has 0 aliphatic carbocycles. The van der Waals surface area contributed by atoms with E-state index < -0.39 is 6.04 Å². The number of rotatable bonds is 9. The van der Waals surface area contributed by atoms with Gasteiger partial charge in [-0.1, -0.05) is 62.4 Å². The Kier molecular flexibility index (Phi) is 7.34. The van der Waals surface area contributed by atoms with Crippen LogP contribution < -0.4 is 15.4 Å². The summed E-state index contributed by atoms with van der Waals surface area (Å²) in [6, 6.07) is 16.9. The smallest absolute Gasteiger partial charge is 0.255 e. The molecule has 0 saturated carbocycles. The number of allylic oxidation sites excluding steroid dienone is 1. The lowest BCUT2D eigenvalue weighted by molar-refractivity contribution is -0.113. The zero-order chi connectivity index (χ0) is 23.2. The van der Waals surface area contributed by atoms with Gasteiger partial charge < -0.3 is 15.4 Å². The fourth-order valence-electron chi connectivity index (χ4n) is 3.75. The monoisotopic (exact) mass is 463 g/mol. The summed E-state index contributed by atoms with van der Waals surface area (Å²) in [4.78, 5) is 18.1. The quantitative estimate of drug-likeness (QED) is 0.322. The molecule has 33 heavy (non-hydrogen) atoms. The van der Waals surface area contributed by atoms with Crippen molar-refractivity contribution in [3.63, 3.8) is 0 Å². The van der Waals surface area contributed by atoms with Crippen molar-refractivity contribution < 1.29 is 9.53 Å². The molecule has 0 bridgehead atoms. The lowest BCUT2D eigenvalue weighted by atomic mass is 9.95. The highest BCUT2D eigenvalue weighted by Crippen LogP contribution is 2.37. The number of carbonyl (C=O) groups excluding carboxylic acids is 1. The molecule has 0 radical (unpaired) electrons. The average Bonchev–Trinajstić information content (AvgIpc) is 3.21. The van der Waals surface area contributed by atoms with E-state index >= 15 is 0 Å². The van der Waals surface area contributed by atoms with Gasteiger partial charge in [0.05, 0.1) is 12.2 Å². The number of unbranched alkanes of at least 4 members (excludes halogenated alkanes) is 1. The molecular weight excluding hydrogens is 434 g/mol. The predicted octanol–water partition coefficient (Wildman–Crippen LogP) is 5.50. The molecule has 3 aromatic rings. The number of nitrogens with one attached hydrogen (secondary N) is 2. The van der Waals surface area contributed by atoms with Crippen molar-refractivity contribution in [2.45, 2.75) is 44.8 Å². The Morgan fingerprint density at radius 1 is 1.18 bits per heavy atom. The molecule has 1 aliphatic heterocycles. The second-order valence-corrected chi connectivity index (χ2v) is 8.99. The Labute approximate surface area is 198 Å². The topological polar surface area (TPSA) is 81.1 Å². The Morgan fingerprint density at radius 3 is 2.76 bits per heavy atom. The van der Waals surface area contributed by atoms with Gasteiger partial charge in [-0.2, -0.15) is 4.98 Å². The van der Waals surface area contributed by atoms with E-state index in [4.69, 9.17) is 9.84 Å². The van der Waals surface area contributed by atoms with Crippen LogP contribution in [0.3, 0.4) is 0 Å².